The van der Waals surface area contributed by atoms with E-state index in [0.717, 1.165) is 45.4 Å². The minimum Gasteiger partial charge on any atom is -0.457 e. The lowest BCUT2D eigenvalue weighted by Crippen LogP contribution is -2.32. The summed E-state index contributed by atoms with van der Waals surface area (Å²) in [7, 11) is 0. The van der Waals surface area contributed by atoms with E-state index in [4.69, 9.17) is 4.74 Å². The van der Waals surface area contributed by atoms with Crippen molar-refractivity contribution in [3.05, 3.63) is 253 Å². The van der Waals surface area contributed by atoms with Crippen molar-refractivity contribution in [3.63, 3.8) is 0 Å². The molecule has 0 unspecified atom stereocenters. The molecule has 290 valence electrons. The molecule has 0 fully saturated rings. The molecule has 10 aromatic carbocycles. The Kier molecular flexibility index (Phi) is 7.52. The van der Waals surface area contributed by atoms with E-state index in [1.807, 2.05) is 0 Å². The minimum atomic E-state index is -0.593. The smallest absolute Gasteiger partial charge is 0.132 e. The molecule has 62 heavy (non-hydrogen) atoms. The molecule has 1 spiro atoms. The summed E-state index contributed by atoms with van der Waals surface area (Å²) in [5.74, 6) is 1.78. The second kappa shape index (κ2) is 13.4. The van der Waals surface area contributed by atoms with Gasteiger partial charge in [-0.3, -0.25) is 0 Å². The number of nitrogens with zero attached hydrogens (tertiary/aromatic N) is 2. The van der Waals surface area contributed by atoms with E-state index in [1.54, 1.807) is 0 Å². The van der Waals surface area contributed by atoms with Crippen molar-refractivity contribution in [1.82, 2.24) is 4.57 Å². The third kappa shape index (κ3) is 5.00. The summed E-state index contributed by atoms with van der Waals surface area (Å²) in [5.41, 5.74) is 16.0. The van der Waals surface area contributed by atoms with Gasteiger partial charge in [-0.2, -0.15) is 0 Å². The van der Waals surface area contributed by atoms with Gasteiger partial charge >= 0.3 is 0 Å². The first-order valence-electron chi connectivity index (χ1n) is 21.3. The first-order valence-corrected chi connectivity index (χ1v) is 21.3. The Morgan fingerprint density at radius 3 is 1.68 bits per heavy atom. The van der Waals surface area contributed by atoms with Crippen molar-refractivity contribution in [2.45, 2.75) is 5.41 Å². The molecule has 1 aliphatic carbocycles. The fourth-order valence-corrected chi connectivity index (χ4v) is 10.5. The molecule has 3 nitrogen and oxygen atoms in total. The second-order valence-corrected chi connectivity index (χ2v) is 16.5. The number of hydrogen-bond acceptors (Lipinski definition) is 2. The van der Waals surface area contributed by atoms with Crippen LogP contribution in [-0.2, 0) is 5.41 Å². The molecule has 0 saturated heterocycles. The van der Waals surface area contributed by atoms with E-state index >= 15 is 0 Å². The quantitative estimate of drug-likeness (QED) is 0.173. The predicted molar refractivity (Wildman–Crippen MR) is 256 cm³/mol. The van der Waals surface area contributed by atoms with E-state index < -0.39 is 5.41 Å². The van der Waals surface area contributed by atoms with Gasteiger partial charge in [-0.1, -0.05) is 140 Å². The summed E-state index contributed by atoms with van der Waals surface area (Å²) in [6.07, 6.45) is 0. The number of hydrogen-bond donors (Lipinski definition) is 0. The molecule has 13 rings (SSSR count). The first-order chi connectivity index (χ1) is 30.7. The number of benzene rings is 10. The molecule has 0 bridgehead atoms. The number of fused-ring (bicyclic) bond motifs is 13. The van der Waals surface area contributed by atoms with Crippen LogP contribution < -0.4 is 9.64 Å². The van der Waals surface area contributed by atoms with Crippen LogP contribution in [0.1, 0.15) is 22.3 Å². The Morgan fingerprint density at radius 2 is 0.919 bits per heavy atom. The van der Waals surface area contributed by atoms with Crippen LogP contribution in [0.3, 0.4) is 0 Å². The zero-order valence-corrected chi connectivity index (χ0v) is 33.7. The van der Waals surface area contributed by atoms with Gasteiger partial charge in [0.1, 0.15) is 11.5 Å². The molecular weight excluding hydrogens is 753 g/mol. The number of anilines is 3. The van der Waals surface area contributed by atoms with E-state index in [2.05, 4.69) is 240 Å². The van der Waals surface area contributed by atoms with E-state index in [1.165, 1.54) is 66.0 Å². The van der Waals surface area contributed by atoms with Crippen molar-refractivity contribution in [2.24, 2.45) is 0 Å². The zero-order chi connectivity index (χ0) is 40.8. The van der Waals surface area contributed by atoms with Gasteiger partial charge in [0.05, 0.1) is 16.4 Å². The van der Waals surface area contributed by atoms with Gasteiger partial charge in [0.25, 0.3) is 0 Å². The Hall–Kier alpha value is -8.14. The van der Waals surface area contributed by atoms with Crippen LogP contribution in [0.4, 0.5) is 17.1 Å². The van der Waals surface area contributed by atoms with Crippen LogP contribution >= 0.6 is 0 Å². The monoisotopic (exact) mass is 790 g/mol. The highest BCUT2D eigenvalue weighted by molar-refractivity contribution is 6.10. The van der Waals surface area contributed by atoms with Gasteiger partial charge in [-0.25, -0.2) is 0 Å². The Balaban J connectivity index is 0.981. The molecule has 2 heterocycles. The zero-order valence-electron chi connectivity index (χ0n) is 33.7. The molecule has 1 aromatic heterocycles. The fraction of sp³-hybridized carbons (Fsp3) is 0.0169. The molecule has 0 atom stereocenters. The summed E-state index contributed by atoms with van der Waals surface area (Å²) in [6, 6.07) is 83.9. The lowest BCUT2D eigenvalue weighted by atomic mass is 9.66. The predicted octanol–water partition coefficient (Wildman–Crippen LogP) is 15.5. The maximum absolute atomic E-state index is 6.70. The summed E-state index contributed by atoms with van der Waals surface area (Å²) >= 11 is 0. The maximum atomic E-state index is 6.70. The van der Waals surface area contributed by atoms with Crippen LogP contribution in [-0.4, -0.2) is 4.57 Å². The van der Waals surface area contributed by atoms with Gasteiger partial charge < -0.3 is 14.2 Å². The van der Waals surface area contributed by atoms with Gasteiger partial charge in [0, 0.05) is 44.6 Å². The number of aromatic nitrogens is 1. The largest absolute Gasteiger partial charge is 0.457 e. The van der Waals surface area contributed by atoms with Crippen LogP contribution in [0.15, 0.2) is 231 Å². The van der Waals surface area contributed by atoms with E-state index in [-0.39, 0.29) is 0 Å². The van der Waals surface area contributed by atoms with Crippen molar-refractivity contribution in [2.75, 3.05) is 4.90 Å². The van der Waals surface area contributed by atoms with Crippen LogP contribution in [0.5, 0.6) is 11.5 Å². The molecule has 0 saturated carbocycles. The highest BCUT2D eigenvalue weighted by Gasteiger charge is 2.51. The van der Waals surface area contributed by atoms with Gasteiger partial charge in [0.2, 0.25) is 0 Å². The normalized spacial score (nSPS) is 13.1. The van der Waals surface area contributed by atoms with Crippen LogP contribution in [0.25, 0.3) is 60.5 Å². The lowest BCUT2D eigenvalue weighted by molar-refractivity contribution is 0.436. The molecule has 3 heteroatoms. The standard InChI is InChI=1S/C59H38N2O/c1-3-17-43(18-4-1)60(45-30-27-39(28-31-45)42-29-34-56-50(36-42)48-21-9-12-24-55(48)61(56)44-19-5-2-6-20-44)46-32-33-47-49-35-40-15-7-8-16-41(40)37-53(49)59(54(47)38-46)51-22-10-13-25-57(51)62-58-26-14-11-23-52(58)59/h1-38H. The van der Waals surface area contributed by atoms with Crippen molar-refractivity contribution >= 4 is 49.6 Å². The third-order valence-corrected chi connectivity index (χ3v) is 13.2. The van der Waals surface area contributed by atoms with Crippen molar-refractivity contribution in [3.8, 4) is 39.4 Å². The molecule has 0 radical (unpaired) electrons. The average Bonchev–Trinajstić information content (AvgIpc) is 3.81. The number of para-hydroxylation sites is 5. The van der Waals surface area contributed by atoms with Crippen molar-refractivity contribution in [1.29, 1.82) is 0 Å². The summed E-state index contributed by atoms with van der Waals surface area (Å²) in [6.45, 7) is 0. The topological polar surface area (TPSA) is 17.4 Å². The number of ether oxygens (including phenoxy) is 1. The maximum Gasteiger partial charge on any atom is 0.132 e. The van der Waals surface area contributed by atoms with E-state index in [9.17, 15) is 0 Å². The SMILES string of the molecule is c1ccc(N(c2ccc(-c3ccc4c(c3)c3ccccc3n4-c3ccccc3)cc2)c2ccc3c(c2)C2(c4ccccc4Oc4ccccc42)c2cc4ccccc4cc2-3)cc1. The molecule has 11 aromatic rings. The van der Waals surface area contributed by atoms with Gasteiger partial charge in [-0.15, -0.1) is 0 Å². The summed E-state index contributed by atoms with van der Waals surface area (Å²) < 4.78 is 9.07. The van der Waals surface area contributed by atoms with Crippen LogP contribution in [0, 0.1) is 0 Å². The van der Waals surface area contributed by atoms with Crippen LogP contribution in [0.2, 0.25) is 0 Å². The minimum absolute atomic E-state index is 0.593. The molecule has 2 aliphatic rings. The van der Waals surface area contributed by atoms with Gasteiger partial charge in [0.15, 0.2) is 0 Å². The summed E-state index contributed by atoms with van der Waals surface area (Å²) in [5, 5.41) is 4.96. The number of rotatable bonds is 5. The lowest BCUT2D eigenvalue weighted by Gasteiger charge is -2.39. The fourth-order valence-electron chi connectivity index (χ4n) is 10.5. The highest BCUT2D eigenvalue weighted by atomic mass is 16.5. The average molecular weight is 791 g/mol. The molecule has 0 amide bonds. The van der Waals surface area contributed by atoms with Crippen molar-refractivity contribution < 1.29 is 4.74 Å². The van der Waals surface area contributed by atoms with E-state index in [0.29, 0.717) is 0 Å². The molecule has 1 aliphatic heterocycles. The highest BCUT2D eigenvalue weighted by Crippen LogP contribution is 2.63. The Bertz CT molecular complexity index is 3500. The first kappa shape index (κ1) is 34.7. The molecule has 0 N–H and O–H groups in total. The molecular formula is C59H38N2O. The summed E-state index contributed by atoms with van der Waals surface area (Å²) in [4.78, 5) is 2.39. The third-order valence-electron chi connectivity index (χ3n) is 13.2. The Morgan fingerprint density at radius 1 is 0.355 bits per heavy atom. The second-order valence-electron chi connectivity index (χ2n) is 16.5. The van der Waals surface area contributed by atoms with Gasteiger partial charge in [-0.05, 0) is 135 Å². The Labute approximate surface area is 360 Å².